The maximum absolute atomic E-state index is 13.9. The molecule has 7 nitrogen and oxygen atoms in total. The van der Waals surface area contributed by atoms with Gasteiger partial charge in [-0.15, -0.1) is 0 Å². The molecule has 0 radical (unpaired) electrons. The number of hydrogen-bond donors (Lipinski definition) is 1. The van der Waals surface area contributed by atoms with Crippen molar-refractivity contribution in [2.24, 2.45) is 0 Å². The standard InChI is InChI=1S/C32H36N4O3/c1-3-24(2)33-29(37)22-35-23-36(28-12-8-5-9-13-28)32(31(35)39)18-20-34(21-19-32)30(38)27-16-14-26(15-17-27)25-10-6-4-7-11-25/h4-17,24H,3,18-23H2,1-2H3,(H,33,37)/t24-/m1/s1. The first kappa shape index (κ1) is 26.5. The maximum atomic E-state index is 13.9. The van der Waals surface area contributed by atoms with Gasteiger partial charge in [0, 0.05) is 30.4 Å². The Hall–Kier alpha value is -4.13. The fourth-order valence-electron chi connectivity index (χ4n) is 5.62. The van der Waals surface area contributed by atoms with E-state index in [9.17, 15) is 14.4 Å². The minimum absolute atomic E-state index is 0.0223. The van der Waals surface area contributed by atoms with Gasteiger partial charge < -0.3 is 20.0 Å². The van der Waals surface area contributed by atoms with Crippen molar-refractivity contribution >= 4 is 23.4 Å². The number of anilines is 1. The number of nitrogens with one attached hydrogen (secondary N) is 1. The highest BCUT2D eigenvalue weighted by Gasteiger charge is 2.54. The number of carbonyl (C=O) groups is 3. The van der Waals surface area contributed by atoms with Gasteiger partial charge in [0.15, 0.2) is 0 Å². The second-order valence-electron chi connectivity index (χ2n) is 10.6. The third kappa shape index (κ3) is 5.39. The summed E-state index contributed by atoms with van der Waals surface area (Å²) in [6.07, 6.45) is 1.86. The Morgan fingerprint density at radius 2 is 1.46 bits per heavy atom. The molecule has 3 aromatic carbocycles. The summed E-state index contributed by atoms with van der Waals surface area (Å²) in [6, 6.07) is 27.8. The molecule has 7 heteroatoms. The highest BCUT2D eigenvalue weighted by molar-refractivity contribution is 5.98. The van der Waals surface area contributed by atoms with Gasteiger partial charge in [-0.05, 0) is 61.6 Å². The number of likely N-dealkylation sites (tertiary alicyclic amines) is 1. The van der Waals surface area contributed by atoms with E-state index in [1.54, 1.807) is 4.90 Å². The molecule has 1 spiro atoms. The average molecular weight is 525 g/mol. The van der Waals surface area contributed by atoms with Crippen LogP contribution in [0.3, 0.4) is 0 Å². The first-order chi connectivity index (χ1) is 18.9. The van der Waals surface area contributed by atoms with Crippen LogP contribution in [0.4, 0.5) is 5.69 Å². The highest BCUT2D eigenvalue weighted by Crippen LogP contribution is 2.39. The lowest BCUT2D eigenvalue weighted by Gasteiger charge is -2.43. The molecular formula is C32H36N4O3. The molecule has 2 aliphatic rings. The molecule has 0 unspecified atom stereocenters. The fraction of sp³-hybridized carbons (Fsp3) is 0.344. The molecule has 0 bridgehead atoms. The van der Waals surface area contributed by atoms with Gasteiger partial charge in [0.1, 0.15) is 12.1 Å². The Kier molecular flexibility index (Phi) is 7.68. The normalized spacial score (nSPS) is 17.4. The summed E-state index contributed by atoms with van der Waals surface area (Å²) in [6.45, 7) is 5.31. The van der Waals surface area contributed by atoms with Crippen LogP contribution < -0.4 is 10.2 Å². The van der Waals surface area contributed by atoms with Crippen molar-refractivity contribution in [1.82, 2.24) is 15.1 Å². The smallest absolute Gasteiger partial charge is 0.253 e. The second-order valence-corrected chi connectivity index (χ2v) is 10.6. The van der Waals surface area contributed by atoms with Gasteiger partial charge in [-0.3, -0.25) is 14.4 Å². The fourth-order valence-corrected chi connectivity index (χ4v) is 5.62. The predicted molar refractivity (Wildman–Crippen MR) is 153 cm³/mol. The van der Waals surface area contributed by atoms with E-state index >= 15 is 0 Å². The zero-order chi connectivity index (χ0) is 27.4. The lowest BCUT2D eigenvalue weighted by atomic mass is 9.85. The van der Waals surface area contributed by atoms with Gasteiger partial charge in [0.25, 0.3) is 11.8 Å². The van der Waals surface area contributed by atoms with Gasteiger partial charge >= 0.3 is 0 Å². The van der Waals surface area contributed by atoms with Crippen molar-refractivity contribution in [1.29, 1.82) is 0 Å². The monoisotopic (exact) mass is 524 g/mol. The van der Waals surface area contributed by atoms with Crippen LogP contribution in [0.1, 0.15) is 43.5 Å². The molecule has 5 rings (SSSR count). The quantitative estimate of drug-likeness (QED) is 0.492. The van der Waals surface area contributed by atoms with Gasteiger partial charge in [-0.2, -0.15) is 0 Å². The molecule has 202 valence electrons. The van der Waals surface area contributed by atoms with E-state index in [0.29, 0.717) is 38.2 Å². The second kappa shape index (κ2) is 11.3. The van der Waals surface area contributed by atoms with E-state index in [-0.39, 0.29) is 30.3 Å². The number of amides is 3. The lowest BCUT2D eigenvalue weighted by Crippen LogP contribution is -2.57. The molecule has 1 atom stereocenters. The first-order valence-electron chi connectivity index (χ1n) is 13.8. The Bertz CT molecular complexity index is 1300. The number of carbonyl (C=O) groups excluding carboxylic acids is 3. The third-order valence-electron chi connectivity index (χ3n) is 8.05. The van der Waals surface area contributed by atoms with Crippen molar-refractivity contribution in [3.05, 3.63) is 90.5 Å². The summed E-state index contributed by atoms with van der Waals surface area (Å²) >= 11 is 0. The van der Waals surface area contributed by atoms with E-state index in [0.717, 1.165) is 23.2 Å². The van der Waals surface area contributed by atoms with E-state index in [4.69, 9.17) is 0 Å². The van der Waals surface area contributed by atoms with E-state index < -0.39 is 5.54 Å². The minimum atomic E-state index is -0.772. The number of rotatable bonds is 7. The van der Waals surface area contributed by atoms with E-state index in [2.05, 4.69) is 22.3 Å². The first-order valence-corrected chi connectivity index (χ1v) is 13.8. The van der Waals surface area contributed by atoms with Gasteiger partial charge in [-0.1, -0.05) is 67.6 Å². The number of nitrogens with zero attached hydrogens (tertiary/aromatic N) is 3. The Morgan fingerprint density at radius 3 is 2.08 bits per heavy atom. The molecule has 2 saturated heterocycles. The van der Waals surface area contributed by atoms with Crippen molar-refractivity contribution in [3.63, 3.8) is 0 Å². The predicted octanol–water partition coefficient (Wildman–Crippen LogP) is 4.55. The van der Waals surface area contributed by atoms with Crippen LogP contribution >= 0.6 is 0 Å². The van der Waals surface area contributed by atoms with Gasteiger partial charge in [0.05, 0.1) is 6.67 Å². The summed E-state index contributed by atoms with van der Waals surface area (Å²) in [7, 11) is 0. The Labute approximate surface area is 230 Å². The number of hydrogen-bond acceptors (Lipinski definition) is 4. The zero-order valence-electron chi connectivity index (χ0n) is 22.7. The third-order valence-corrected chi connectivity index (χ3v) is 8.05. The molecule has 2 fully saturated rings. The number of benzene rings is 3. The van der Waals surface area contributed by atoms with Crippen LogP contribution in [-0.2, 0) is 9.59 Å². The average Bonchev–Trinajstić information content (AvgIpc) is 3.24. The van der Waals surface area contributed by atoms with Crippen LogP contribution in [0.5, 0.6) is 0 Å². The van der Waals surface area contributed by atoms with Crippen LogP contribution in [0.15, 0.2) is 84.9 Å². The molecule has 3 amide bonds. The molecule has 2 heterocycles. The highest BCUT2D eigenvalue weighted by atomic mass is 16.2. The number of piperidine rings is 1. The molecule has 0 saturated carbocycles. The molecule has 0 aliphatic carbocycles. The topological polar surface area (TPSA) is 73.0 Å². The van der Waals surface area contributed by atoms with E-state index in [1.807, 2.05) is 91.5 Å². The van der Waals surface area contributed by atoms with Crippen molar-refractivity contribution in [3.8, 4) is 11.1 Å². The molecule has 39 heavy (non-hydrogen) atoms. The van der Waals surface area contributed by atoms with Crippen LogP contribution in [-0.4, -0.2) is 65.4 Å². The van der Waals surface area contributed by atoms with Crippen molar-refractivity contribution in [2.75, 3.05) is 31.2 Å². The van der Waals surface area contributed by atoms with Crippen LogP contribution in [0.2, 0.25) is 0 Å². The minimum Gasteiger partial charge on any atom is -0.352 e. The molecule has 0 aromatic heterocycles. The molecule has 3 aromatic rings. The summed E-state index contributed by atoms with van der Waals surface area (Å²) in [5, 5.41) is 2.97. The van der Waals surface area contributed by atoms with Crippen molar-refractivity contribution < 1.29 is 14.4 Å². The summed E-state index contributed by atoms with van der Waals surface area (Å²) in [4.78, 5) is 45.6. The van der Waals surface area contributed by atoms with Gasteiger partial charge in [0.2, 0.25) is 5.91 Å². The Balaban J connectivity index is 1.31. The summed E-state index contributed by atoms with van der Waals surface area (Å²) < 4.78 is 0. The molecule has 1 N–H and O–H groups in total. The molecule has 2 aliphatic heterocycles. The number of para-hydroxylation sites is 1. The van der Waals surface area contributed by atoms with Crippen LogP contribution in [0, 0.1) is 0 Å². The van der Waals surface area contributed by atoms with Gasteiger partial charge in [-0.25, -0.2) is 0 Å². The summed E-state index contributed by atoms with van der Waals surface area (Å²) in [5.41, 5.74) is 3.00. The zero-order valence-corrected chi connectivity index (χ0v) is 22.7. The Morgan fingerprint density at radius 1 is 0.872 bits per heavy atom. The lowest BCUT2D eigenvalue weighted by molar-refractivity contribution is -0.137. The molecular weight excluding hydrogens is 488 g/mol. The maximum Gasteiger partial charge on any atom is 0.253 e. The van der Waals surface area contributed by atoms with Crippen LogP contribution in [0.25, 0.3) is 11.1 Å². The van der Waals surface area contributed by atoms with E-state index in [1.165, 1.54) is 0 Å². The SMILES string of the molecule is CC[C@@H](C)NC(=O)CN1CN(c2ccccc2)C2(CCN(C(=O)c3ccc(-c4ccccc4)cc3)CC2)C1=O. The van der Waals surface area contributed by atoms with Crippen molar-refractivity contribution in [2.45, 2.75) is 44.7 Å². The largest absolute Gasteiger partial charge is 0.352 e. The summed E-state index contributed by atoms with van der Waals surface area (Å²) in [5.74, 6) is -0.203.